The highest BCUT2D eigenvalue weighted by Crippen LogP contribution is 2.31. The largest absolute Gasteiger partial charge is 0.491 e. The van der Waals surface area contributed by atoms with Crippen LogP contribution in [0, 0.1) is 0 Å². The number of carbonyl (C=O) groups is 1. The van der Waals surface area contributed by atoms with Crippen molar-refractivity contribution in [2.24, 2.45) is 0 Å². The Labute approximate surface area is 160 Å². The number of nitrogens with zero attached hydrogens (tertiary/aromatic N) is 1. The summed E-state index contributed by atoms with van der Waals surface area (Å²) in [5, 5.41) is 2.93. The Morgan fingerprint density at radius 3 is 2.44 bits per heavy atom. The van der Waals surface area contributed by atoms with Crippen molar-refractivity contribution < 1.29 is 19.0 Å². The molecule has 0 bridgehead atoms. The summed E-state index contributed by atoms with van der Waals surface area (Å²) in [6.07, 6.45) is 0.143. The average Bonchev–Trinajstić information content (AvgIpc) is 2.66. The molecule has 2 amide bonds. The van der Waals surface area contributed by atoms with Crippen LogP contribution in [-0.2, 0) is 13.1 Å². The molecule has 1 aliphatic heterocycles. The predicted molar refractivity (Wildman–Crippen MR) is 103 cm³/mol. The molecule has 1 aliphatic rings. The minimum Gasteiger partial charge on any atom is -0.491 e. The maximum atomic E-state index is 12.4. The summed E-state index contributed by atoms with van der Waals surface area (Å²) < 4.78 is 16.7. The normalized spacial score (nSPS) is 12.6. The fourth-order valence-corrected chi connectivity index (χ4v) is 2.80. The summed E-state index contributed by atoms with van der Waals surface area (Å²) in [5.41, 5.74) is 2.01. The molecule has 0 atom stereocenters. The fraction of sp³-hybridized carbons (Fsp3) is 0.381. The van der Waals surface area contributed by atoms with E-state index in [0.29, 0.717) is 26.3 Å². The van der Waals surface area contributed by atoms with Crippen molar-refractivity contribution in [3.05, 3.63) is 53.6 Å². The number of benzene rings is 2. The van der Waals surface area contributed by atoms with Crippen LogP contribution in [0.5, 0.6) is 17.2 Å². The van der Waals surface area contributed by atoms with Gasteiger partial charge in [0, 0.05) is 20.1 Å². The summed E-state index contributed by atoms with van der Waals surface area (Å²) in [4.78, 5) is 14.0. The zero-order chi connectivity index (χ0) is 19.2. The number of nitrogens with one attached hydrogen (secondary N) is 1. The molecule has 0 radical (unpaired) electrons. The molecule has 2 aromatic rings. The third kappa shape index (κ3) is 5.29. The Balaban J connectivity index is 1.50. The average molecular weight is 370 g/mol. The third-order valence-electron chi connectivity index (χ3n) is 4.11. The molecule has 6 nitrogen and oxygen atoms in total. The smallest absolute Gasteiger partial charge is 0.317 e. The van der Waals surface area contributed by atoms with Crippen molar-refractivity contribution >= 4 is 6.03 Å². The number of amides is 2. The van der Waals surface area contributed by atoms with Crippen molar-refractivity contribution in [3.63, 3.8) is 0 Å². The molecule has 1 heterocycles. The van der Waals surface area contributed by atoms with Gasteiger partial charge in [-0.3, -0.25) is 0 Å². The number of urea groups is 1. The fourth-order valence-electron chi connectivity index (χ4n) is 2.80. The summed E-state index contributed by atoms with van der Waals surface area (Å²) in [7, 11) is 1.77. The van der Waals surface area contributed by atoms with Gasteiger partial charge >= 0.3 is 6.03 Å². The molecular formula is C21H26N2O4. The van der Waals surface area contributed by atoms with Crippen LogP contribution in [-0.4, -0.2) is 37.3 Å². The van der Waals surface area contributed by atoms with Gasteiger partial charge in [0.05, 0.1) is 6.10 Å². The molecule has 0 spiro atoms. The molecule has 0 aromatic heterocycles. The van der Waals surface area contributed by atoms with Crippen molar-refractivity contribution in [2.45, 2.75) is 33.0 Å². The van der Waals surface area contributed by atoms with Crippen LogP contribution in [0.15, 0.2) is 42.5 Å². The molecule has 0 fully saturated rings. The first-order valence-electron chi connectivity index (χ1n) is 9.14. The van der Waals surface area contributed by atoms with E-state index in [1.54, 1.807) is 11.9 Å². The van der Waals surface area contributed by atoms with E-state index in [-0.39, 0.29) is 12.1 Å². The monoisotopic (exact) mass is 370 g/mol. The van der Waals surface area contributed by atoms with Gasteiger partial charge in [0.2, 0.25) is 0 Å². The number of hydrogen-bond donors (Lipinski definition) is 1. The second kappa shape index (κ2) is 8.66. The number of hydrogen-bond acceptors (Lipinski definition) is 4. The van der Waals surface area contributed by atoms with Crippen LogP contribution in [0.25, 0.3) is 0 Å². The van der Waals surface area contributed by atoms with E-state index < -0.39 is 0 Å². The summed E-state index contributed by atoms with van der Waals surface area (Å²) in [6.45, 7) is 6.06. The Kier molecular flexibility index (Phi) is 6.06. The SMILES string of the molecule is CC(C)Oc1ccc(CNC(=O)N(C)Cc2ccc3c(c2)OCCO3)cc1. The molecule has 0 saturated carbocycles. The Morgan fingerprint density at radius 2 is 1.74 bits per heavy atom. The first-order chi connectivity index (χ1) is 13.0. The van der Waals surface area contributed by atoms with Crippen molar-refractivity contribution in [3.8, 4) is 17.2 Å². The lowest BCUT2D eigenvalue weighted by Gasteiger charge is -2.21. The maximum absolute atomic E-state index is 12.4. The van der Waals surface area contributed by atoms with Crippen LogP contribution in [0.3, 0.4) is 0 Å². The number of ether oxygens (including phenoxy) is 3. The van der Waals surface area contributed by atoms with Gasteiger partial charge in [0.15, 0.2) is 11.5 Å². The highest BCUT2D eigenvalue weighted by molar-refractivity contribution is 5.73. The summed E-state index contributed by atoms with van der Waals surface area (Å²) in [5.74, 6) is 2.31. The maximum Gasteiger partial charge on any atom is 0.317 e. The van der Waals surface area contributed by atoms with E-state index in [2.05, 4.69) is 5.32 Å². The third-order valence-corrected chi connectivity index (χ3v) is 4.11. The Morgan fingerprint density at radius 1 is 1.07 bits per heavy atom. The van der Waals surface area contributed by atoms with E-state index in [9.17, 15) is 4.79 Å². The zero-order valence-corrected chi connectivity index (χ0v) is 16.0. The lowest BCUT2D eigenvalue weighted by molar-refractivity contribution is 0.171. The minimum atomic E-state index is -0.132. The molecule has 2 aromatic carbocycles. The predicted octanol–water partition coefficient (Wildman–Crippen LogP) is 3.59. The van der Waals surface area contributed by atoms with Crippen molar-refractivity contribution in [1.29, 1.82) is 0 Å². The quantitative estimate of drug-likeness (QED) is 0.844. The van der Waals surface area contributed by atoms with Gasteiger partial charge in [-0.2, -0.15) is 0 Å². The van der Waals surface area contributed by atoms with Crippen LogP contribution < -0.4 is 19.5 Å². The highest BCUT2D eigenvalue weighted by atomic mass is 16.6. The second-order valence-corrected chi connectivity index (χ2v) is 6.80. The van der Waals surface area contributed by atoms with Gasteiger partial charge in [-0.05, 0) is 49.2 Å². The molecular weight excluding hydrogens is 344 g/mol. The van der Waals surface area contributed by atoms with Crippen LogP contribution in [0.2, 0.25) is 0 Å². The first kappa shape index (κ1) is 18.9. The lowest BCUT2D eigenvalue weighted by Crippen LogP contribution is -2.36. The second-order valence-electron chi connectivity index (χ2n) is 6.80. The molecule has 0 unspecified atom stereocenters. The van der Waals surface area contributed by atoms with Gasteiger partial charge in [-0.1, -0.05) is 18.2 Å². The minimum absolute atomic E-state index is 0.132. The van der Waals surface area contributed by atoms with Crippen molar-refractivity contribution in [1.82, 2.24) is 10.2 Å². The molecule has 6 heteroatoms. The number of carbonyl (C=O) groups excluding carboxylic acids is 1. The molecule has 3 rings (SSSR count). The summed E-state index contributed by atoms with van der Waals surface area (Å²) >= 11 is 0. The lowest BCUT2D eigenvalue weighted by atomic mass is 10.2. The highest BCUT2D eigenvalue weighted by Gasteiger charge is 2.14. The van der Waals surface area contributed by atoms with Gasteiger partial charge in [0.25, 0.3) is 0 Å². The number of fused-ring (bicyclic) bond motifs is 1. The Bertz CT molecular complexity index is 774. The van der Waals surface area contributed by atoms with Crippen LogP contribution in [0.1, 0.15) is 25.0 Å². The molecule has 27 heavy (non-hydrogen) atoms. The summed E-state index contributed by atoms with van der Waals surface area (Å²) in [6, 6.07) is 13.4. The van der Waals surface area contributed by atoms with Gasteiger partial charge in [-0.25, -0.2) is 4.79 Å². The van der Waals surface area contributed by atoms with Gasteiger partial charge in [0.1, 0.15) is 19.0 Å². The standard InChI is InChI=1S/C21H26N2O4/c1-15(2)27-18-7-4-16(5-8-18)13-22-21(24)23(3)14-17-6-9-19-20(12-17)26-11-10-25-19/h4-9,12,15H,10-11,13-14H2,1-3H3,(H,22,24). The molecule has 1 N–H and O–H groups in total. The topological polar surface area (TPSA) is 60.0 Å². The number of rotatable bonds is 6. The van der Waals surface area contributed by atoms with Gasteiger partial charge in [-0.15, -0.1) is 0 Å². The van der Waals surface area contributed by atoms with E-state index >= 15 is 0 Å². The van der Waals surface area contributed by atoms with E-state index in [0.717, 1.165) is 28.4 Å². The van der Waals surface area contributed by atoms with E-state index in [4.69, 9.17) is 14.2 Å². The molecule has 0 saturated heterocycles. The zero-order valence-electron chi connectivity index (χ0n) is 16.0. The first-order valence-corrected chi connectivity index (χ1v) is 9.14. The van der Waals surface area contributed by atoms with Crippen molar-refractivity contribution in [2.75, 3.05) is 20.3 Å². The molecule has 144 valence electrons. The Hall–Kier alpha value is -2.89. The van der Waals surface area contributed by atoms with Crippen LogP contribution >= 0.6 is 0 Å². The van der Waals surface area contributed by atoms with E-state index in [1.165, 1.54) is 0 Å². The van der Waals surface area contributed by atoms with Crippen LogP contribution in [0.4, 0.5) is 4.79 Å². The van der Waals surface area contributed by atoms with E-state index in [1.807, 2.05) is 56.3 Å². The van der Waals surface area contributed by atoms with Gasteiger partial charge < -0.3 is 24.4 Å². The molecule has 0 aliphatic carbocycles.